The molecule has 0 aromatic heterocycles. The summed E-state index contributed by atoms with van der Waals surface area (Å²) in [6.07, 6.45) is 6.96. The Morgan fingerprint density at radius 2 is 1.08 bits per heavy atom. The third kappa shape index (κ3) is 10.2. The number of fused-ring (bicyclic) bond motifs is 1. The van der Waals surface area contributed by atoms with Gasteiger partial charge in [-0.05, 0) is 51.7 Å². The van der Waals surface area contributed by atoms with Crippen LogP contribution >= 0.6 is 0 Å². The molecule has 208 valence electrons. The summed E-state index contributed by atoms with van der Waals surface area (Å²) >= 11 is 0. The molecule has 0 spiro atoms. The fourth-order valence-electron chi connectivity index (χ4n) is 3.96. The molecule has 0 amide bonds. The summed E-state index contributed by atoms with van der Waals surface area (Å²) in [5, 5.41) is 1.79. The zero-order valence-corrected chi connectivity index (χ0v) is 23.6. The van der Waals surface area contributed by atoms with Crippen LogP contribution in [0.4, 0.5) is 0 Å². The van der Waals surface area contributed by atoms with Gasteiger partial charge < -0.3 is 18.9 Å². The minimum atomic E-state index is -0.399. The lowest BCUT2D eigenvalue weighted by atomic mass is 10.1. The Labute approximate surface area is 228 Å². The van der Waals surface area contributed by atoms with E-state index < -0.39 is 11.9 Å². The van der Waals surface area contributed by atoms with E-state index in [1.165, 1.54) is 0 Å². The first kappa shape index (κ1) is 30.9. The highest BCUT2D eigenvalue weighted by atomic mass is 16.6. The summed E-state index contributed by atoms with van der Waals surface area (Å²) in [4.78, 5) is 24.3. The summed E-state index contributed by atoms with van der Waals surface area (Å²) < 4.78 is 23.6. The van der Waals surface area contributed by atoms with E-state index in [0.29, 0.717) is 22.6 Å². The first-order valence-electron chi connectivity index (χ1n) is 13.8. The fraction of sp³-hybridized carbons (Fsp3) is 0.500. The van der Waals surface area contributed by atoms with Gasteiger partial charge >= 0.3 is 11.9 Å². The maximum atomic E-state index is 12.1. The maximum absolute atomic E-state index is 12.1. The van der Waals surface area contributed by atoms with E-state index in [4.69, 9.17) is 18.9 Å². The smallest absolute Gasteiger partial charge is 0.333 e. The van der Waals surface area contributed by atoms with Crippen LogP contribution < -0.4 is 9.47 Å². The van der Waals surface area contributed by atoms with Crippen molar-refractivity contribution in [3.8, 4) is 11.5 Å². The molecule has 2 rings (SSSR count). The molecule has 0 radical (unpaired) electrons. The van der Waals surface area contributed by atoms with E-state index in [2.05, 4.69) is 27.0 Å². The van der Waals surface area contributed by atoms with Gasteiger partial charge in [-0.15, -0.1) is 0 Å². The SMILES string of the molecule is C=C(C)C(=O)OC(CCCCC)COc1ccc(OCC(CCCCC)OC(=O)C(=C)C)c2ccccc12. The summed E-state index contributed by atoms with van der Waals surface area (Å²) in [5.74, 6) is 0.579. The first-order chi connectivity index (χ1) is 18.3. The van der Waals surface area contributed by atoms with Crippen LogP contribution in [0.15, 0.2) is 60.7 Å². The van der Waals surface area contributed by atoms with E-state index in [0.717, 1.165) is 62.1 Å². The molecule has 2 unspecified atom stereocenters. The van der Waals surface area contributed by atoms with Gasteiger partial charge in [-0.2, -0.15) is 0 Å². The van der Waals surface area contributed by atoms with Gasteiger partial charge in [0.1, 0.15) is 36.9 Å². The number of carbonyl (C=O) groups is 2. The lowest BCUT2D eigenvalue weighted by Crippen LogP contribution is -2.26. The predicted octanol–water partition coefficient (Wildman–Crippen LogP) is 7.73. The quantitative estimate of drug-likeness (QED) is 0.113. The van der Waals surface area contributed by atoms with Crippen LogP contribution in [0.5, 0.6) is 11.5 Å². The van der Waals surface area contributed by atoms with Gasteiger partial charge in [-0.3, -0.25) is 0 Å². The van der Waals surface area contributed by atoms with Gasteiger partial charge in [0.25, 0.3) is 0 Å². The van der Waals surface area contributed by atoms with E-state index in [9.17, 15) is 9.59 Å². The minimum Gasteiger partial charge on any atom is -0.489 e. The van der Waals surface area contributed by atoms with Gasteiger partial charge in [0, 0.05) is 21.9 Å². The summed E-state index contributed by atoms with van der Waals surface area (Å²) in [5.41, 5.74) is 0.749. The summed E-state index contributed by atoms with van der Waals surface area (Å²) in [7, 11) is 0. The normalized spacial score (nSPS) is 12.4. The minimum absolute atomic E-state index is 0.253. The Balaban J connectivity index is 2.16. The number of carbonyl (C=O) groups excluding carboxylic acids is 2. The maximum Gasteiger partial charge on any atom is 0.333 e. The molecule has 0 aliphatic rings. The van der Waals surface area contributed by atoms with Crippen molar-refractivity contribution >= 4 is 22.7 Å². The number of benzene rings is 2. The highest BCUT2D eigenvalue weighted by Gasteiger charge is 2.19. The molecule has 6 heteroatoms. The molecule has 0 N–H and O–H groups in total. The largest absolute Gasteiger partial charge is 0.489 e. The number of unbranched alkanes of at least 4 members (excludes halogenated alkanes) is 4. The van der Waals surface area contributed by atoms with Crippen LogP contribution in [0.3, 0.4) is 0 Å². The van der Waals surface area contributed by atoms with E-state index in [-0.39, 0.29) is 25.4 Å². The number of hydrogen-bond acceptors (Lipinski definition) is 6. The van der Waals surface area contributed by atoms with Crippen molar-refractivity contribution in [2.45, 2.75) is 91.3 Å². The molecule has 2 atom stereocenters. The molecule has 6 nitrogen and oxygen atoms in total. The second kappa shape index (κ2) is 16.5. The molecule has 2 aromatic carbocycles. The second-order valence-corrected chi connectivity index (χ2v) is 9.84. The first-order valence-corrected chi connectivity index (χ1v) is 13.8. The molecule has 0 aliphatic carbocycles. The van der Waals surface area contributed by atoms with Crippen molar-refractivity contribution in [2.24, 2.45) is 0 Å². The average molecular weight is 525 g/mol. The molecule has 0 saturated heterocycles. The number of hydrogen-bond donors (Lipinski definition) is 0. The van der Waals surface area contributed by atoms with Crippen LogP contribution in [-0.4, -0.2) is 37.4 Å². The zero-order valence-electron chi connectivity index (χ0n) is 23.6. The van der Waals surface area contributed by atoms with Gasteiger partial charge in [-0.25, -0.2) is 9.59 Å². The molecule has 0 saturated carbocycles. The van der Waals surface area contributed by atoms with Crippen molar-refractivity contribution in [3.63, 3.8) is 0 Å². The van der Waals surface area contributed by atoms with Crippen molar-refractivity contribution in [2.75, 3.05) is 13.2 Å². The predicted molar refractivity (Wildman–Crippen MR) is 153 cm³/mol. The van der Waals surface area contributed by atoms with Crippen LogP contribution in [-0.2, 0) is 19.1 Å². The van der Waals surface area contributed by atoms with Gasteiger partial charge in [-0.1, -0.05) is 77.0 Å². The molecular formula is C32H44O6. The van der Waals surface area contributed by atoms with Crippen LogP contribution in [0.2, 0.25) is 0 Å². The number of esters is 2. The summed E-state index contributed by atoms with van der Waals surface area (Å²) in [6.45, 7) is 15.4. The van der Waals surface area contributed by atoms with Gasteiger partial charge in [0.2, 0.25) is 0 Å². The second-order valence-electron chi connectivity index (χ2n) is 9.84. The van der Waals surface area contributed by atoms with Crippen molar-refractivity contribution in [1.82, 2.24) is 0 Å². The third-order valence-corrected chi connectivity index (χ3v) is 6.20. The molecule has 38 heavy (non-hydrogen) atoms. The van der Waals surface area contributed by atoms with E-state index >= 15 is 0 Å². The zero-order chi connectivity index (χ0) is 27.9. The Morgan fingerprint density at radius 1 is 0.684 bits per heavy atom. The van der Waals surface area contributed by atoms with Crippen LogP contribution in [0.25, 0.3) is 10.8 Å². The fourth-order valence-corrected chi connectivity index (χ4v) is 3.96. The number of rotatable bonds is 18. The Hall–Kier alpha value is -3.28. The highest BCUT2D eigenvalue weighted by molar-refractivity contribution is 5.93. The van der Waals surface area contributed by atoms with Crippen molar-refractivity contribution < 1.29 is 28.5 Å². The molecule has 2 aromatic rings. The summed E-state index contributed by atoms with van der Waals surface area (Å²) in [6, 6.07) is 11.6. The third-order valence-electron chi connectivity index (χ3n) is 6.20. The monoisotopic (exact) mass is 524 g/mol. The van der Waals surface area contributed by atoms with Gasteiger partial charge in [0.15, 0.2) is 0 Å². The molecule has 0 aliphatic heterocycles. The van der Waals surface area contributed by atoms with E-state index in [1.54, 1.807) is 13.8 Å². The Kier molecular flexibility index (Phi) is 13.5. The van der Waals surface area contributed by atoms with Crippen molar-refractivity contribution in [3.05, 3.63) is 60.7 Å². The van der Waals surface area contributed by atoms with Gasteiger partial charge in [0.05, 0.1) is 0 Å². The Bertz CT molecular complexity index is 988. The molecular weight excluding hydrogens is 480 g/mol. The van der Waals surface area contributed by atoms with Crippen molar-refractivity contribution in [1.29, 1.82) is 0 Å². The molecule has 0 fully saturated rings. The van der Waals surface area contributed by atoms with E-state index in [1.807, 2.05) is 36.4 Å². The van der Waals surface area contributed by atoms with Crippen LogP contribution in [0.1, 0.15) is 79.1 Å². The lowest BCUT2D eigenvalue weighted by Gasteiger charge is -2.21. The topological polar surface area (TPSA) is 71.1 Å². The highest BCUT2D eigenvalue weighted by Crippen LogP contribution is 2.33. The molecule has 0 heterocycles. The Morgan fingerprint density at radius 3 is 1.42 bits per heavy atom. The van der Waals surface area contributed by atoms with Crippen LogP contribution in [0, 0.1) is 0 Å². The standard InChI is InChI=1S/C32H44O6/c1-7-9-11-15-25(37-31(33)23(3)4)21-35-29-19-20-30(28-18-14-13-17-27(28)29)36-22-26(16-12-10-8-2)38-32(34)24(5)6/h13-14,17-20,25-26H,3,5,7-12,15-16,21-22H2,1-2,4,6H3. The molecule has 0 bridgehead atoms. The lowest BCUT2D eigenvalue weighted by molar-refractivity contribution is -0.147. The number of ether oxygens (including phenoxy) is 4. The average Bonchev–Trinajstić information content (AvgIpc) is 2.90.